The quantitative estimate of drug-likeness (QED) is 0.654. The van der Waals surface area contributed by atoms with Crippen LogP contribution in [0.15, 0.2) is 6.07 Å². The van der Waals surface area contributed by atoms with Crippen LogP contribution in [0.25, 0.3) is 0 Å². The minimum atomic E-state index is -3.94. The number of rotatable bonds is 2. The molecule has 1 aliphatic rings. The van der Waals surface area contributed by atoms with Gasteiger partial charge in [-0.25, -0.2) is 22.3 Å². The van der Waals surface area contributed by atoms with Crippen LogP contribution in [-0.4, -0.2) is 26.1 Å². The van der Waals surface area contributed by atoms with Crippen molar-refractivity contribution in [3.63, 3.8) is 0 Å². The zero-order chi connectivity index (χ0) is 15.2. The van der Waals surface area contributed by atoms with E-state index in [9.17, 15) is 22.0 Å². The Labute approximate surface area is 123 Å². The minimum Gasteiger partial charge on any atom is -0.308 e. The highest BCUT2D eigenvalue weighted by atomic mass is 35.5. The number of halogens is 4. The molecular formula is C10H8Cl2F2N2O3S. The molecule has 1 saturated heterocycles. The van der Waals surface area contributed by atoms with E-state index in [4.69, 9.17) is 28.3 Å². The Morgan fingerprint density at radius 3 is 2.40 bits per heavy atom. The van der Waals surface area contributed by atoms with Crippen molar-refractivity contribution in [3.05, 3.63) is 27.7 Å². The summed E-state index contributed by atoms with van der Waals surface area (Å²) in [6, 6.07) is 0.877. The van der Waals surface area contributed by atoms with Crippen LogP contribution < -0.4 is 10.0 Å². The number of hydrogen-bond acceptors (Lipinski definition) is 3. The van der Waals surface area contributed by atoms with Gasteiger partial charge in [0.15, 0.2) is 11.6 Å². The van der Waals surface area contributed by atoms with Crippen LogP contribution in [0, 0.1) is 11.6 Å². The molecule has 0 bridgehead atoms. The number of anilines is 1. The van der Waals surface area contributed by atoms with Crippen molar-refractivity contribution >= 4 is 44.8 Å². The van der Waals surface area contributed by atoms with Crippen molar-refractivity contribution in [1.29, 1.82) is 0 Å². The molecule has 1 heterocycles. The van der Waals surface area contributed by atoms with Crippen molar-refractivity contribution in [2.45, 2.75) is 11.7 Å². The maximum absolute atomic E-state index is 13.9. The van der Waals surface area contributed by atoms with Crippen molar-refractivity contribution in [3.8, 4) is 0 Å². The van der Waals surface area contributed by atoms with Crippen LogP contribution in [-0.2, 0) is 14.8 Å². The lowest BCUT2D eigenvalue weighted by molar-refractivity contribution is -0.117. The van der Waals surface area contributed by atoms with Gasteiger partial charge in [-0.2, -0.15) is 0 Å². The fourth-order valence-corrected chi connectivity index (χ4v) is 3.06. The summed E-state index contributed by atoms with van der Waals surface area (Å²) in [5, 5.41) is 2.46. The molecule has 1 amide bonds. The first kappa shape index (κ1) is 15.4. The Hall–Kier alpha value is -0.960. The molecule has 1 aromatic rings. The van der Waals surface area contributed by atoms with E-state index in [0.717, 1.165) is 11.0 Å². The van der Waals surface area contributed by atoms with Crippen molar-refractivity contribution in [2.24, 2.45) is 5.14 Å². The largest absolute Gasteiger partial charge is 0.308 e. The second-order valence-corrected chi connectivity index (χ2v) is 6.87. The standard InChI is InChI=1S/C10H8Cl2F2N2O3S/c11-5-2-6(10(14)8(12)9(5)13)16-3-4(1-7(16)17)20(15,18)19/h2,4H,1,3H2,(H2,15,18,19). The second kappa shape index (κ2) is 5.10. The second-order valence-electron chi connectivity index (χ2n) is 4.24. The number of sulfonamides is 1. The summed E-state index contributed by atoms with van der Waals surface area (Å²) < 4.78 is 49.6. The number of nitrogens with two attached hydrogens (primary N) is 1. The van der Waals surface area contributed by atoms with E-state index in [-0.39, 0.29) is 18.7 Å². The Balaban J connectivity index is 2.46. The van der Waals surface area contributed by atoms with Gasteiger partial charge in [0.1, 0.15) is 10.3 Å². The molecule has 1 aromatic carbocycles. The molecule has 0 aliphatic carbocycles. The molecule has 1 unspecified atom stereocenters. The third-order valence-corrected chi connectivity index (χ3v) is 4.78. The predicted octanol–water partition coefficient (Wildman–Crippen LogP) is 1.67. The zero-order valence-corrected chi connectivity index (χ0v) is 12.1. The molecule has 110 valence electrons. The summed E-state index contributed by atoms with van der Waals surface area (Å²) in [6.45, 7) is -0.340. The molecule has 1 atom stereocenters. The summed E-state index contributed by atoms with van der Waals surface area (Å²) in [7, 11) is -3.94. The summed E-state index contributed by atoms with van der Waals surface area (Å²) >= 11 is 11.0. The van der Waals surface area contributed by atoms with E-state index in [2.05, 4.69) is 0 Å². The lowest BCUT2D eigenvalue weighted by Gasteiger charge is -2.18. The van der Waals surface area contributed by atoms with Gasteiger partial charge in [-0.3, -0.25) is 4.79 Å². The van der Waals surface area contributed by atoms with Crippen LogP contribution in [0.2, 0.25) is 10.0 Å². The monoisotopic (exact) mass is 344 g/mol. The number of nitrogens with zero attached hydrogens (tertiary/aromatic N) is 1. The lowest BCUT2D eigenvalue weighted by Crippen LogP contribution is -2.32. The molecule has 1 fully saturated rings. The molecular weight excluding hydrogens is 337 g/mol. The molecule has 0 radical (unpaired) electrons. The van der Waals surface area contributed by atoms with Gasteiger partial charge in [0.25, 0.3) is 0 Å². The first-order valence-electron chi connectivity index (χ1n) is 5.28. The topological polar surface area (TPSA) is 80.5 Å². The number of amides is 1. The first-order valence-corrected chi connectivity index (χ1v) is 7.64. The summed E-state index contributed by atoms with van der Waals surface area (Å²) in [4.78, 5) is 12.6. The van der Waals surface area contributed by atoms with Gasteiger partial charge < -0.3 is 4.90 Å². The number of carbonyl (C=O) groups is 1. The molecule has 20 heavy (non-hydrogen) atoms. The Kier molecular flexibility index (Phi) is 3.94. The fraction of sp³-hybridized carbons (Fsp3) is 0.300. The van der Waals surface area contributed by atoms with Gasteiger partial charge in [-0.15, -0.1) is 0 Å². The molecule has 0 saturated carbocycles. The van der Waals surface area contributed by atoms with E-state index < -0.39 is 42.9 Å². The molecule has 2 rings (SSSR count). The van der Waals surface area contributed by atoms with Crippen molar-refractivity contribution in [1.82, 2.24) is 0 Å². The highest BCUT2D eigenvalue weighted by molar-refractivity contribution is 7.89. The third-order valence-electron chi connectivity index (χ3n) is 2.93. The maximum atomic E-state index is 13.9. The normalized spacial score (nSPS) is 19.8. The Morgan fingerprint density at radius 1 is 1.30 bits per heavy atom. The third kappa shape index (κ3) is 2.60. The van der Waals surface area contributed by atoms with Gasteiger partial charge in [0.05, 0.1) is 10.7 Å². The predicted molar refractivity (Wildman–Crippen MR) is 70.2 cm³/mol. The average molecular weight is 345 g/mol. The van der Waals surface area contributed by atoms with Crippen molar-refractivity contribution < 1.29 is 22.0 Å². The summed E-state index contributed by atoms with van der Waals surface area (Å²) in [6.07, 6.45) is -0.384. The molecule has 1 aliphatic heterocycles. The van der Waals surface area contributed by atoms with Gasteiger partial charge in [-0.1, -0.05) is 23.2 Å². The molecule has 5 nitrogen and oxygen atoms in total. The van der Waals surface area contributed by atoms with Gasteiger partial charge in [-0.05, 0) is 6.07 Å². The number of carbonyl (C=O) groups excluding carboxylic acids is 1. The van der Waals surface area contributed by atoms with Crippen LogP contribution in [0.5, 0.6) is 0 Å². The summed E-state index contributed by atoms with van der Waals surface area (Å²) in [5.74, 6) is -3.00. The van der Waals surface area contributed by atoms with Crippen molar-refractivity contribution in [2.75, 3.05) is 11.4 Å². The van der Waals surface area contributed by atoms with Crippen LogP contribution in [0.4, 0.5) is 14.5 Å². The van der Waals surface area contributed by atoms with Crippen LogP contribution >= 0.6 is 23.2 Å². The van der Waals surface area contributed by atoms with Gasteiger partial charge in [0, 0.05) is 13.0 Å². The van der Waals surface area contributed by atoms with E-state index in [1.54, 1.807) is 0 Å². The molecule has 10 heteroatoms. The highest BCUT2D eigenvalue weighted by Gasteiger charge is 2.38. The first-order chi connectivity index (χ1) is 9.12. The number of benzene rings is 1. The van der Waals surface area contributed by atoms with Gasteiger partial charge in [0.2, 0.25) is 15.9 Å². The van der Waals surface area contributed by atoms with Crippen LogP contribution in [0.1, 0.15) is 6.42 Å². The van der Waals surface area contributed by atoms with E-state index in [0.29, 0.717) is 0 Å². The molecule has 2 N–H and O–H groups in total. The molecule has 0 aromatic heterocycles. The number of primary sulfonamides is 1. The number of hydrogen-bond donors (Lipinski definition) is 1. The maximum Gasteiger partial charge on any atom is 0.228 e. The lowest BCUT2D eigenvalue weighted by atomic mass is 10.2. The highest BCUT2D eigenvalue weighted by Crippen LogP contribution is 2.35. The fourth-order valence-electron chi connectivity index (χ4n) is 1.88. The van der Waals surface area contributed by atoms with E-state index in [1.807, 2.05) is 0 Å². The minimum absolute atomic E-state index is 0.340. The SMILES string of the molecule is NS(=O)(=O)C1CC(=O)N(c2cc(Cl)c(F)c(Cl)c2F)C1. The Bertz CT molecular complexity index is 696. The summed E-state index contributed by atoms with van der Waals surface area (Å²) in [5.41, 5.74) is -0.377. The van der Waals surface area contributed by atoms with Crippen LogP contribution in [0.3, 0.4) is 0 Å². The van der Waals surface area contributed by atoms with E-state index in [1.165, 1.54) is 0 Å². The smallest absolute Gasteiger partial charge is 0.228 e. The average Bonchev–Trinajstić information content (AvgIpc) is 2.73. The van der Waals surface area contributed by atoms with Gasteiger partial charge >= 0.3 is 0 Å². The zero-order valence-electron chi connectivity index (χ0n) is 9.74. The molecule has 0 spiro atoms. The Morgan fingerprint density at radius 2 is 1.90 bits per heavy atom. The van der Waals surface area contributed by atoms with E-state index >= 15 is 0 Å².